The number of aliphatic hydroxyl groups excluding tert-OH is 1. The first-order valence-electron chi connectivity index (χ1n) is 15.6. The van der Waals surface area contributed by atoms with Crippen LogP contribution in [-0.4, -0.2) is 59.4 Å². The summed E-state index contributed by atoms with van der Waals surface area (Å²) < 4.78 is 12.2. The molecule has 0 fully saturated rings. The fraction of sp³-hybridized carbons (Fsp3) is 0.588. The third-order valence-electron chi connectivity index (χ3n) is 8.78. The summed E-state index contributed by atoms with van der Waals surface area (Å²) in [5, 5.41) is 23.4. The summed E-state index contributed by atoms with van der Waals surface area (Å²) in [5.41, 5.74) is 1.69. The lowest BCUT2D eigenvalue weighted by Crippen LogP contribution is -2.50. The Labute approximate surface area is 263 Å². The number of nitro groups is 1. The first-order valence-corrected chi connectivity index (χ1v) is 18.5. The molecule has 1 amide bonds. The molecule has 0 spiro atoms. The molecular weight excluding hydrogens is 576 g/mol. The number of fused-ring (bicyclic) bond motifs is 1. The molecule has 1 heterocycles. The van der Waals surface area contributed by atoms with Crippen LogP contribution in [0.25, 0.3) is 0 Å². The summed E-state index contributed by atoms with van der Waals surface area (Å²) in [5.74, 6) is -1.04. The van der Waals surface area contributed by atoms with Crippen molar-refractivity contribution in [1.29, 1.82) is 0 Å². The maximum absolute atomic E-state index is 14.6. The number of amides is 1. The molecule has 242 valence electrons. The summed E-state index contributed by atoms with van der Waals surface area (Å²) >= 11 is 0. The maximum Gasteiger partial charge on any atom is 0.338 e. The number of unbranched alkanes of at least 4 members (excludes halogenated alkanes) is 1. The number of aliphatic hydroxyl groups is 1. The number of carbonyl (C=O) groups is 2. The molecule has 0 bridgehead atoms. The van der Waals surface area contributed by atoms with Crippen LogP contribution < -0.4 is 0 Å². The molecule has 3 atom stereocenters. The third kappa shape index (κ3) is 8.55. The second kappa shape index (κ2) is 13.9. The van der Waals surface area contributed by atoms with Crippen LogP contribution in [0.1, 0.15) is 111 Å². The molecule has 2 aromatic carbocycles. The van der Waals surface area contributed by atoms with Gasteiger partial charge in [0.05, 0.1) is 18.2 Å². The van der Waals surface area contributed by atoms with Gasteiger partial charge in [-0.15, -0.1) is 0 Å². The largest absolute Gasteiger partial charge is 0.456 e. The number of esters is 1. The second-order valence-corrected chi connectivity index (χ2v) is 19.2. The van der Waals surface area contributed by atoms with Crippen LogP contribution in [0.4, 0.5) is 0 Å². The maximum atomic E-state index is 14.6. The van der Waals surface area contributed by atoms with E-state index in [1.165, 1.54) is 18.2 Å². The van der Waals surface area contributed by atoms with Gasteiger partial charge in [0.1, 0.15) is 11.7 Å². The van der Waals surface area contributed by atoms with Gasteiger partial charge in [-0.25, -0.2) is 4.79 Å². The number of carbonyl (C=O) groups excluding carboxylic acids is 2. The second-order valence-electron chi connectivity index (χ2n) is 14.4. The molecule has 2 aromatic rings. The van der Waals surface area contributed by atoms with Gasteiger partial charge in [-0.2, -0.15) is 0 Å². The first-order chi connectivity index (χ1) is 20.4. The highest BCUT2D eigenvalue weighted by atomic mass is 28.4. The van der Waals surface area contributed by atoms with E-state index in [1.807, 2.05) is 25.1 Å². The fourth-order valence-electron chi connectivity index (χ4n) is 5.11. The predicted octanol–water partition coefficient (Wildman–Crippen LogP) is 7.10. The summed E-state index contributed by atoms with van der Waals surface area (Å²) in [6.45, 7) is 18.7. The van der Waals surface area contributed by atoms with Gasteiger partial charge in [0.2, 0.25) is 6.04 Å². The molecule has 10 heteroatoms. The van der Waals surface area contributed by atoms with Gasteiger partial charge in [0, 0.05) is 29.0 Å². The number of rotatable bonds is 11. The fourth-order valence-corrected chi connectivity index (χ4v) is 6.15. The van der Waals surface area contributed by atoms with E-state index in [0.29, 0.717) is 26.0 Å². The van der Waals surface area contributed by atoms with Crippen LogP contribution in [0.3, 0.4) is 0 Å². The van der Waals surface area contributed by atoms with Crippen LogP contribution in [-0.2, 0) is 22.1 Å². The Morgan fingerprint density at radius 2 is 1.73 bits per heavy atom. The third-order valence-corrected chi connectivity index (χ3v) is 13.3. The quantitative estimate of drug-likeness (QED) is 0.122. The molecule has 0 aromatic heterocycles. The lowest BCUT2D eigenvalue weighted by molar-refractivity contribution is -0.537. The molecule has 44 heavy (non-hydrogen) atoms. The highest BCUT2D eigenvalue weighted by Gasteiger charge is 2.41. The zero-order valence-electron chi connectivity index (χ0n) is 27.8. The summed E-state index contributed by atoms with van der Waals surface area (Å²) in [7, 11) is -2.15. The van der Waals surface area contributed by atoms with Gasteiger partial charge in [0.25, 0.3) is 5.91 Å². The van der Waals surface area contributed by atoms with Crippen molar-refractivity contribution >= 4 is 20.2 Å². The molecule has 1 aliphatic rings. The van der Waals surface area contributed by atoms with Crippen molar-refractivity contribution in [3.63, 3.8) is 0 Å². The van der Waals surface area contributed by atoms with Crippen LogP contribution in [0.2, 0.25) is 18.1 Å². The van der Waals surface area contributed by atoms with E-state index < -0.39 is 42.9 Å². The number of nitrogens with zero attached hydrogens (tertiary/aromatic N) is 2. The van der Waals surface area contributed by atoms with E-state index in [4.69, 9.17) is 9.16 Å². The molecule has 1 aliphatic heterocycles. The lowest BCUT2D eigenvalue weighted by atomic mass is 9.90. The average Bonchev–Trinajstić information content (AvgIpc) is 2.93. The van der Waals surface area contributed by atoms with Crippen LogP contribution in [0.5, 0.6) is 0 Å². The molecule has 0 aliphatic carbocycles. The summed E-state index contributed by atoms with van der Waals surface area (Å²) in [6, 6.07) is 10.7. The number of hydrogen-bond acceptors (Lipinski definition) is 7. The van der Waals surface area contributed by atoms with E-state index in [9.17, 15) is 24.8 Å². The Balaban J connectivity index is 2.11. The van der Waals surface area contributed by atoms with Gasteiger partial charge in [-0.05, 0) is 75.0 Å². The van der Waals surface area contributed by atoms with E-state index in [-0.39, 0.29) is 34.2 Å². The predicted molar refractivity (Wildman–Crippen MR) is 174 cm³/mol. The van der Waals surface area contributed by atoms with Gasteiger partial charge < -0.3 is 19.2 Å². The minimum Gasteiger partial charge on any atom is -0.456 e. The smallest absolute Gasteiger partial charge is 0.338 e. The van der Waals surface area contributed by atoms with Gasteiger partial charge in [-0.1, -0.05) is 64.4 Å². The highest BCUT2D eigenvalue weighted by molar-refractivity contribution is 6.74. The Hall–Kier alpha value is -3.08. The summed E-state index contributed by atoms with van der Waals surface area (Å²) in [4.78, 5) is 41.0. The van der Waals surface area contributed by atoms with Crippen LogP contribution >= 0.6 is 0 Å². The van der Waals surface area contributed by atoms with Crippen molar-refractivity contribution in [2.45, 2.75) is 123 Å². The molecule has 0 saturated heterocycles. The van der Waals surface area contributed by atoms with E-state index in [0.717, 1.165) is 17.5 Å². The Bertz CT molecular complexity index is 1350. The Kier molecular flexibility index (Phi) is 11.2. The SMILES string of the molecule is CCCCC(C(O)c1ccc(C(=O)OC(C)(C)C)cc1C(=O)N1Cc2ccccc2C[C@H]1CO[Si](C)(C)C(C)(C)C)[N+](=O)[O-]. The molecule has 9 nitrogen and oxygen atoms in total. The van der Waals surface area contributed by atoms with Gasteiger partial charge in [-0.3, -0.25) is 14.9 Å². The van der Waals surface area contributed by atoms with Crippen LogP contribution in [0, 0.1) is 10.1 Å². The average molecular weight is 627 g/mol. The van der Waals surface area contributed by atoms with Crippen LogP contribution in [0.15, 0.2) is 42.5 Å². The molecular formula is C34H50N2O7Si. The molecule has 1 N–H and O–H groups in total. The van der Waals surface area contributed by atoms with Crippen molar-refractivity contribution in [2.24, 2.45) is 0 Å². The zero-order chi connectivity index (χ0) is 33.0. The van der Waals surface area contributed by atoms with Gasteiger partial charge in [0.15, 0.2) is 8.32 Å². The number of ether oxygens (including phenoxy) is 1. The van der Waals surface area contributed by atoms with E-state index >= 15 is 0 Å². The minimum absolute atomic E-state index is 0.0243. The van der Waals surface area contributed by atoms with E-state index in [1.54, 1.807) is 25.7 Å². The van der Waals surface area contributed by atoms with Crippen molar-refractivity contribution in [3.8, 4) is 0 Å². The summed E-state index contributed by atoms with van der Waals surface area (Å²) in [6.07, 6.45) is 0.476. The highest BCUT2D eigenvalue weighted by Crippen LogP contribution is 2.38. The topological polar surface area (TPSA) is 119 Å². The zero-order valence-corrected chi connectivity index (χ0v) is 28.8. The Morgan fingerprint density at radius 3 is 2.30 bits per heavy atom. The monoisotopic (exact) mass is 626 g/mol. The molecule has 2 unspecified atom stereocenters. The first kappa shape index (κ1) is 35.4. The van der Waals surface area contributed by atoms with Crippen molar-refractivity contribution in [1.82, 2.24) is 4.90 Å². The Morgan fingerprint density at radius 1 is 1.09 bits per heavy atom. The molecule has 0 saturated carbocycles. The number of hydrogen-bond donors (Lipinski definition) is 1. The standard InChI is InChI=1S/C34H50N2O7Si/c1-10-11-16-29(36(40)41)30(37)27-18-17-24(32(39)43-33(2,3)4)20-28(27)31(38)35-21-25-15-13-12-14-23(25)19-26(35)22-42-44(8,9)34(5,6)7/h12-15,17-18,20,26,29-30,37H,10-11,16,19,21-22H2,1-9H3/t26-,29?,30?/m0/s1. The lowest BCUT2D eigenvalue weighted by Gasteiger charge is -2.41. The normalized spacial score (nSPS) is 17.0. The van der Waals surface area contributed by atoms with Crippen molar-refractivity contribution < 1.29 is 28.8 Å². The molecule has 3 rings (SSSR count). The number of benzene rings is 2. The minimum atomic E-state index is -2.15. The van der Waals surface area contributed by atoms with E-state index in [2.05, 4.69) is 39.9 Å². The van der Waals surface area contributed by atoms with Crippen molar-refractivity contribution in [3.05, 3.63) is 80.4 Å². The van der Waals surface area contributed by atoms with Crippen molar-refractivity contribution in [2.75, 3.05) is 6.61 Å². The van der Waals surface area contributed by atoms with Gasteiger partial charge >= 0.3 is 5.97 Å². The molecule has 0 radical (unpaired) electrons.